The molecular formula is C43H50N2O10S. The summed E-state index contributed by atoms with van der Waals surface area (Å²) in [6, 6.07) is 4.40. The van der Waals surface area contributed by atoms with Gasteiger partial charge in [0, 0.05) is 59.5 Å². The van der Waals surface area contributed by atoms with E-state index < -0.39 is 24.0 Å². The number of ether oxygens (including phenoxy) is 7. The molecule has 3 aromatic carbocycles. The molecule has 2 N–H and O–H groups in total. The summed E-state index contributed by atoms with van der Waals surface area (Å²) in [5.74, 6) is 3.15. The SMILES string of the molecule is COc1cc2c(cc1O)CCNC2C(=O)OCC1c2c3c(c(C)c(OC(C)=O)c2C(SC)C2[C@@H]4C[C@@H](Cc5cc(C)c(OC)c(OC6CCC6)c54)CN12)OCO3. The van der Waals surface area contributed by atoms with Crippen LogP contribution in [0.2, 0.25) is 0 Å². The van der Waals surface area contributed by atoms with E-state index in [0.717, 1.165) is 78.0 Å². The number of carbonyl (C=O) groups excluding carboxylic acids is 2. The highest BCUT2D eigenvalue weighted by atomic mass is 32.2. The molecule has 1 saturated heterocycles. The maximum atomic E-state index is 14.3. The van der Waals surface area contributed by atoms with E-state index in [1.54, 1.807) is 31.0 Å². The number of fused-ring (bicyclic) bond motifs is 10. The topological polar surface area (TPSA) is 134 Å². The molecule has 0 spiro atoms. The van der Waals surface area contributed by atoms with Gasteiger partial charge < -0.3 is 43.6 Å². The first-order chi connectivity index (χ1) is 27.1. The molecule has 0 amide bonds. The van der Waals surface area contributed by atoms with Crippen molar-refractivity contribution >= 4 is 23.7 Å². The van der Waals surface area contributed by atoms with Crippen LogP contribution in [0.1, 0.15) is 100 Å². The molecule has 6 atom stereocenters. The number of carbonyl (C=O) groups is 2. The first-order valence-electron chi connectivity index (χ1n) is 19.7. The number of nitrogens with one attached hydrogen (secondary N) is 1. The van der Waals surface area contributed by atoms with Crippen molar-refractivity contribution in [3.8, 4) is 40.2 Å². The van der Waals surface area contributed by atoms with Crippen molar-refractivity contribution in [3.05, 3.63) is 62.7 Å². The number of nitrogens with zero attached hydrogens (tertiary/aromatic N) is 1. The van der Waals surface area contributed by atoms with Crippen molar-refractivity contribution in [2.45, 2.75) is 94.7 Å². The molecule has 12 nitrogen and oxygen atoms in total. The van der Waals surface area contributed by atoms with Crippen LogP contribution in [-0.4, -0.2) is 81.1 Å². The van der Waals surface area contributed by atoms with Gasteiger partial charge in [-0.2, -0.15) is 11.8 Å². The highest BCUT2D eigenvalue weighted by molar-refractivity contribution is 7.98. The fourth-order valence-electron chi connectivity index (χ4n) is 10.3. The average molecular weight is 787 g/mol. The summed E-state index contributed by atoms with van der Waals surface area (Å²) in [6.45, 7) is 6.82. The lowest BCUT2D eigenvalue weighted by Crippen LogP contribution is -2.57. The van der Waals surface area contributed by atoms with E-state index in [4.69, 9.17) is 33.2 Å². The smallest absolute Gasteiger partial charge is 0.327 e. The Morgan fingerprint density at radius 1 is 1.00 bits per heavy atom. The Hall–Kier alpha value is -4.33. The molecule has 13 heteroatoms. The number of hydrogen-bond donors (Lipinski definition) is 2. The van der Waals surface area contributed by atoms with Crippen LogP contribution in [0, 0.1) is 19.8 Å². The molecule has 0 radical (unpaired) electrons. The molecule has 2 fully saturated rings. The number of phenols is 1. The van der Waals surface area contributed by atoms with Crippen LogP contribution in [0.5, 0.6) is 40.2 Å². The summed E-state index contributed by atoms with van der Waals surface area (Å²) >= 11 is 1.73. The third kappa shape index (κ3) is 5.95. The maximum Gasteiger partial charge on any atom is 0.327 e. The van der Waals surface area contributed by atoms with Crippen molar-refractivity contribution in [1.29, 1.82) is 0 Å². The lowest BCUT2D eigenvalue weighted by atomic mass is 9.65. The Kier molecular flexibility index (Phi) is 9.69. The second kappa shape index (κ2) is 14.6. The van der Waals surface area contributed by atoms with Crippen LogP contribution in [0.3, 0.4) is 0 Å². The molecule has 9 rings (SSSR count). The maximum absolute atomic E-state index is 14.3. The summed E-state index contributed by atoms with van der Waals surface area (Å²) in [6.07, 6.45) is 7.98. The lowest BCUT2D eigenvalue weighted by Gasteiger charge is -2.56. The number of piperidine rings is 1. The number of hydrogen-bond acceptors (Lipinski definition) is 13. The van der Waals surface area contributed by atoms with E-state index in [1.165, 1.54) is 25.2 Å². The van der Waals surface area contributed by atoms with Crippen LogP contribution < -0.4 is 33.7 Å². The van der Waals surface area contributed by atoms with E-state index in [9.17, 15) is 14.7 Å². The zero-order valence-corrected chi connectivity index (χ0v) is 33.6. The molecule has 4 heterocycles. The highest BCUT2D eigenvalue weighted by Crippen LogP contribution is 2.63. The molecule has 4 unspecified atom stereocenters. The number of phenolic OH excluding ortho intramolecular Hbond substituents is 1. The number of thioether (sulfide) groups is 1. The molecular weight excluding hydrogens is 737 g/mol. The van der Waals surface area contributed by atoms with Gasteiger partial charge in [-0.05, 0) is 98.9 Å². The quantitative estimate of drug-likeness (QED) is 0.180. The molecule has 3 aromatic rings. The monoisotopic (exact) mass is 786 g/mol. The van der Waals surface area contributed by atoms with Crippen molar-refractivity contribution < 1.29 is 47.9 Å². The van der Waals surface area contributed by atoms with Gasteiger partial charge in [0.05, 0.1) is 26.4 Å². The van der Waals surface area contributed by atoms with Crippen LogP contribution in [0.25, 0.3) is 0 Å². The van der Waals surface area contributed by atoms with E-state index in [2.05, 4.69) is 29.5 Å². The Balaban J connectivity index is 1.18. The van der Waals surface area contributed by atoms with Crippen LogP contribution in [-0.2, 0) is 27.2 Å². The number of benzene rings is 3. The van der Waals surface area contributed by atoms with Gasteiger partial charge in [-0.15, -0.1) is 0 Å². The van der Waals surface area contributed by atoms with Crippen molar-refractivity contribution in [2.75, 3.05) is 47.0 Å². The Labute approximate surface area is 331 Å². The average Bonchev–Trinajstić information content (AvgIpc) is 3.66. The first kappa shape index (κ1) is 37.3. The molecule has 1 saturated carbocycles. The number of aromatic hydroxyl groups is 1. The van der Waals surface area contributed by atoms with Gasteiger partial charge in [0.15, 0.2) is 34.5 Å². The van der Waals surface area contributed by atoms with E-state index in [-0.39, 0.29) is 42.5 Å². The van der Waals surface area contributed by atoms with Gasteiger partial charge in [0.25, 0.3) is 0 Å². The fraction of sp³-hybridized carbons (Fsp3) is 0.535. The molecule has 6 aliphatic rings. The van der Waals surface area contributed by atoms with Crippen LogP contribution in [0.4, 0.5) is 0 Å². The minimum Gasteiger partial charge on any atom is -0.504 e. The van der Waals surface area contributed by atoms with Gasteiger partial charge in [-0.25, -0.2) is 4.79 Å². The summed E-state index contributed by atoms with van der Waals surface area (Å²) in [5.41, 5.74) is 7.59. The second-order valence-electron chi connectivity index (χ2n) is 16.0. The molecule has 0 aromatic heterocycles. The Morgan fingerprint density at radius 3 is 2.52 bits per heavy atom. The third-order valence-corrected chi connectivity index (χ3v) is 13.9. The highest BCUT2D eigenvalue weighted by Gasteiger charge is 2.55. The van der Waals surface area contributed by atoms with Gasteiger partial charge in [0.1, 0.15) is 18.4 Å². The summed E-state index contributed by atoms with van der Waals surface area (Å²) < 4.78 is 43.3. The molecule has 298 valence electrons. The number of aryl methyl sites for hydroxylation is 1. The van der Waals surface area contributed by atoms with E-state index >= 15 is 0 Å². The standard InChI is InChI=1S/C43H50N2O10S/c1-20-12-25-13-23-14-28(32(25)41(37(20)50-5)55-26-8-7-9-26)36-42(56-6)34-33(40-39(52-19-53-40)21(2)38(34)54-22(3)46)29(45(36)17-23)18-51-43(48)35-27-16-31(49-4)30(47)15-24(27)10-11-44-35/h12,15-16,23,26,28-29,35-36,42,44,47H,7-11,13-14,17-19H2,1-6H3/t23-,28-,29?,35?,36?,42?/m1/s1. The summed E-state index contributed by atoms with van der Waals surface area (Å²) in [5, 5.41) is 13.7. The van der Waals surface area contributed by atoms with Gasteiger partial charge in [-0.3, -0.25) is 9.69 Å². The van der Waals surface area contributed by atoms with Crippen molar-refractivity contribution in [1.82, 2.24) is 10.2 Å². The molecule has 2 aliphatic carbocycles. The minimum atomic E-state index is -0.750. The minimum absolute atomic E-state index is 0.0273. The van der Waals surface area contributed by atoms with E-state index in [1.807, 2.05) is 6.92 Å². The molecule has 4 aliphatic heterocycles. The zero-order chi connectivity index (χ0) is 39.0. The first-order valence-corrected chi connectivity index (χ1v) is 21.0. The van der Waals surface area contributed by atoms with E-state index in [0.29, 0.717) is 47.4 Å². The Bertz CT molecular complexity index is 2100. The largest absolute Gasteiger partial charge is 0.504 e. The van der Waals surface area contributed by atoms with Gasteiger partial charge in [0.2, 0.25) is 6.79 Å². The summed E-state index contributed by atoms with van der Waals surface area (Å²) in [4.78, 5) is 29.6. The predicted molar refractivity (Wildman–Crippen MR) is 209 cm³/mol. The lowest BCUT2D eigenvalue weighted by molar-refractivity contribution is -0.149. The third-order valence-electron chi connectivity index (χ3n) is 12.8. The number of rotatable bonds is 9. The fourth-order valence-corrected chi connectivity index (χ4v) is 11.4. The second-order valence-corrected chi connectivity index (χ2v) is 17.0. The molecule has 2 bridgehead atoms. The van der Waals surface area contributed by atoms with Crippen LogP contribution in [0.15, 0.2) is 18.2 Å². The number of methoxy groups -OCH3 is 2. The van der Waals surface area contributed by atoms with Crippen molar-refractivity contribution in [3.63, 3.8) is 0 Å². The zero-order valence-electron chi connectivity index (χ0n) is 32.8. The predicted octanol–water partition coefficient (Wildman–Crippen LogP) is 6.53. The van der Waals surface area contributed by atoms with Crippen LogP contribution >= 0.6 is 11.8 Å². The Morgan fingerprint density at radius 2 is 1.80 bits per heavy atom. The molecule has 56 heavy (non-hydrogen) atoms. The van der Waals surface area contributed by atoms with Crippen molar-refractivity contribution in [2.24, 2.45) is 5.92 Å². The van der Waals surface area contributed by atoms with Gasteiger partial charge >= 0.3 is 11.9 Å². The normalized spacial score (nSPS) is 25.8. The summed E-state index contributed by atoms with van der Waals surface area (Å²) in [7, 11) is 3.22. The number of esters is 2. The van der Waals surface area contributed by atoms with Gasteiger partial charge in [-0.1, -0.05) is 6.07 Å².